The van der Waals surface area contributed by atoms with Gasteiger partial charge in [-0.15, -0.1) is 0 Å². The Morgan fingerprint density at radius 1 is 0.857 bits per heavy atom. The van der Waals surface area contributed by atoms with Crippen LogP contribution < -0.4 is 0 Å². The summed E-state index contributed by atoms with van der Waals surface area (Å²) in [6, 6.07) is 0. The maximum absolute atomic E-state index is 6.15. The SMILES string of the molecule is CC1(C)OCC(CP(C2CCCCC2)C2CCCCC2)O1. The molecule has 3 heteroatoms. The van der Waals surface area contributed by atoms with Gasteiger partial charge in [0.05, 0.1) is 12.7 Å². The molecule has 1 heterocycles. The summed E-state index contributed by atoms with van der Waals surface area (Å²) in [7, 11) is 0.146. The normalized spacial score (nSPS) is 31.9. The second-order valence-corrected chi connectivity index (χ2v) is 10.6. The van der Waals surface area contributed by atoms with E-state index in [0.717, 1.165) is 17.9 Å². The molecule has 0 amide bonds. The number of rotatable bonds is 4. The molecule has 0 aromatic carbocycles. The Hall–Kier alpha value is 0.350. The molecule has 21 heavy (non-hydrogen) atoms. The molecule has 3 fully saturated rings. The topological polar surface area (TPSA) is 18.5 Å². The van der Waals surface area contributed by atoms with Gasteiger partial charge in [-0.05, 0) is 57.0 Å². The van der Waals surface area contributed by atoms with E-state index in [2.05, 4.69) is 13.8 Å². The summed E-state index contributed by atoms with van der Waals surface area (Å²) in [5.41, 5.74) is 2.06. The number of hydrogen-bond acceptors (Lipinski definition) is 2. The molecule has 1 saturated heterocycles. The summed E-state index contributed by atoms with van der Waals surface area (Å²) in [4.78, 5) is 0. The zero-order valence-corrected chi connectivity index (χ0v) is 14.9. The summed E-state index contributed by atoms with van der Waals surface area (Å²) in [5.74, 6) is -0.342. The van der Waals surface area contributed by atoms with Gasteiger partial charge < -0.3 is 9.47 Å². The molecule has 1 unspecified atom stereocenters. The van der Waals surface area contributed by atoms with Crippen LogP contribution in [0.1, 0.15) is 78.1 Å². The fourth-order valence-corrected chi connectivity index (χ4v) is 8.41. The van der Waals surface area contributed by atoms with Crippen molar-refractivity contribution in [3.8, 4) is 0 Å². The first kappa shape index (κ1) is 16.2. The Bertz CT molecular complexity index is 301. The monoisotopic (exact) mass is 312 g/mol. The predicted octanol–water partition coefficient (Wildman–Crippen LogP) is 5.29. The molecule has 0 spiro atoms. The minimum Gasteiger partial charge on any atom is -0.348 e. The first-order valence-corrected chi connectivity index (χ1v) is 10.9. The third-order valence-corrected chi connectivity index (χ3v) is 9.31. The quantitative estimate of drug-likeness (QED) is 0.657. The summed E-state index contributed by atoms with van der Waals surface area (Å²) >= 11 is 0. The molecular weight excluding hydrogens is 279 g/mol. The first-order chi connectivity index (χ1) is 10.1. The van der Waals surface area contributed by atoms with Crippen LogP contribution in [0.5, 0.6) is 0 Å². The first-order valence-electron chi connectivity index (χ1n) is 9.21. The van der Waals surface area contributed by atoms with Gasteiger partial charge in [-0.1, -0.05) is 46.4 Å². The molecular formula is C18H33O2P. The minimum atomic E-state index is -0.342. The van der Waals surface area contributed by atoms with E-state index >= 15 is 0 Å². The van der Waals surface area contributed by atoms with Crippen molar-refractivity contribution < 1.29 is 9.47 Å². The van der Waals surface area contributed by atoms with Crippen molar-refractivity contribution in [1.82, 2.24) is 0 Å². The Labute approximate surface area is 132 Å². The zero-order valence-electron chi connectivity index (χ0n) is 14.0. The second-order valence-electron chi connectivity index (χ2n) is 7.73. The number of ether oxygens (including phenoxy) is 2. The van der Waals surface area contributed by atoms with Crippen molar-refractivity contribution in [2.24, 2.45) is 0 Å². The zero-order chi connectivity index (χ0) is 14.7. The van der Waals surface area contributed by atoms with Gasteiger partial charge in [0.15, 0.2) is 5.79 Å². The van der Waals surface area contributed by atoms with Crippen molar-refractivity contribution in [3.63, 3.8) is 0 Å². The van der Waals surface area contributed by atoms with Gasteiger partial charge in [-0.2, -0.15) is 0 Å². The highest BCUT2D eigenvalue weighted by Crippen LogP contribution is 2.56. The van der Waals surface area contributed by atoms with Gasteiger partial charge >= 0.3 is 0 Å². The molecule has 2 saturated carbocycles. The summed E-state index contributed by atoms with van der Waals surface area (Å²) in [6.45, 7) is 4.96. The van der Waals surface area contributed by atoms with Crippen LogP contribution in [0.3, 0.4) is 0 Å². The molecule has 0 N–H and O–H groups in total. The molecule has 3 aliphatic rings. The molecule has 1 aliphatic heterocycles. The molecule has 1 atom stereocenters. The van der Waals surface area contributed by atoms with E-state index in [9.17, 15) is 0 Å². The van der Waals surface area contributed by atoms with Crippen molar-refractivity contribution in [2.75, 3.05) is 12.8 Å². The lowest BCUT2D eigenvalue weighted by molar-refractivity contribution is -0.135. The summed E-state index contributed by atoms with van der Waals surface area (Å²) in [6.07, 6.45) is 16.5. The van der Waals surface area contributed by atoms with Crippen molar-refractivity contribution in [2.45, 2.75) is 101 Å². The van der Waals surface area contributed by atoms with E-state index in [-0.39, 0.29) is 13.7 Å². The van der Waals surface area contributed by atoms with E-state index < -0.39 is 0 Å². The maximum Gasteiger partial charge on any atom is 0.163 e. The molecule has 122 valence electrons. The lowest BCUT2D eigenvalue weighted by Gasteiger charge is -2.39. The van der Waals surface area contributed by atoms with Crippen molar-refractivity contribution in [3.05, 3.63) is 0 Å². The van der Waals surface area contributed by atoms with Gasteiger partial charge in [0, 0.05) is 0 Å². The molecule has 0 radical (unpaired) electrons. The van der Waals surface area contributed by atoms with Crippen LogP contribution in [0.15, 0.2) is 0 Å². The predicted molar refractivity (Wildman–Crippen MR) is 90.4 cm³/mol. The fourth-order valence-electron chi connectivity index (χ4n) is 4.51. The lowest BCUT2D eigenvalue weighted by Crippen LogP contribution is -2.28. The Morgan fingerprint density at radius 3 is 1.81 bits per heavy atom. The van der Waals surface area contributed by atoms with Crippen LogP contribution in [0.25, 0.3) is 0 Å². The van der Waals surface area contributed by atoms with Crippen LogP contribution in [0.2, 0.25) is 0 Å². The largest absolute Gasteiger partial charge is 0.348 e. The van der Waals surface area contributed by atoms with E-state index in [1.807, 2.05) is 0 Å². The lowest BCUT2D eigenvalue weighted by atomic mass is 9.99. The molecule has 0 aromatic heterocycles. The Morgan fingerprint density at radius 2 is 1.38 bits per heavy atom. The second kappa shape index (κ2) is 7.28. The molecule has 0 aromatic rings. The van der Waals surface area contributed by atoms with E-state index in [0.29, 0.717) is 6.10 Å². The number of hydrogen-bond donors (Lipinski definition) is 0. The molecule has 2 nitrogen and oxygen atoms in total. The van der Waals surface area contributed by atoms with Crippen LogP contribution in [-0.2, 0) is 9.47 Å². The van der Waals surface area contributed by atoms with E-state index in [1.54, 1.807) is 0 Å². The smallest absolute Gasteiger partial charge is 0.163 e. The molecule has 0 bridgehead atoms. The van der Waals surface area contributed by atoms with Gasteiger partial charge in [-0.3, -0.25) is 0 Å². The van der Waals surface area contributed by atoms with Gasteiger partial charge in [0.25, 0.3) is 0 Å². The molecule has 2 aliphatic carbocycles. The highest BCUT2D eigenvalue weighted by molar-refractivity contribution is 7.59. The minimum absolute atomic E-state index is 0.146. The highest BCUT2D eigenvalue weighted by atomic mass is 31.1. The van der Waals surface area contributed by atoms with Crippen LogP contribution in [-0.4, -0.2) is 36.0 Å². The van der Waals surface area contributed by atoms with Gasteiger partial charge in [0.2, 0.25) is 0 Å². The third-order valence-electron chi connectivity index (χ3n) is 5.57. The van der Waals surface area contributed by atoms with Crippen LogP contribution >= 0.6 is 7.92 Å². The van der Waals surface area contributed by atoms with Crippen LogP contribution in [0, 0.1) is 0 Å². The van der Waals surface area contributed by atoms with Gasteiger partial charge in [0.1, 0.15) is 0 Å². The van der Waals surface area contributed by atoms with Crippen molar-refractivity contribution in [1.29, 1.82) is 0 Å². The Balaban J connectivity index is 1.63. The fraction of sp³-hybridized carbons (Fsp3) is 1.00. The third kappa shape index (κ3) is 4.43. The van der Waals surface area contributed by atoms with Crippen molar-refractivity contribution >= 4 is 7.92 Å². The average Bonchev–Trinajstić information content (AvgIpc) is 2.86. The van der Waals surface area contributed by atoms with Crippen LogP contribution in [0.4, 0.5) is 0 Å². The Kier molecular flexibility index (Phi) is 5.62. The summed E-state index contributed by atoms with van der Waals surface area (Å²) in [5, 5.41) is 0. The average molecular weight is 312 g/mol. The molecule has 3 rings (SSSR count). The van der Waals surface area contributed by atoms with E-state index in [4.69, 9.17) is 9.47 Å². The van der Waals surface area contributed by atoms with E-state index in [1.165, 1.54) is 70.4 Å². The highest BCUT2D eigenvalue weighted by Gasteiger charge is 2.38. The maximum atomic E-state index is 6.15. The standard InChI is InChI=1S/C18H33O2P/c1-18(2)19-13-15(20-18)14-21(16-9-5-3-6-10-16)17-11-7-4-8-12-17/h15-17H,3-14H2,1-2H3. The van der Waals surface area contributed by atoms with Gasteiger partial charge in [-0.25, -0.2) is 0 Å². The summed E-state index contributed by atoms with van der Waals surface area (Å²) < 4.78 is 12.0.